The zero-order valence-corrected chi connectivity index (χ0v) is 14.0. The molecule has 1 aromatic heterocycles. The highest BCUT2D eigenvalue weighted by Crippen LogP contribution is 2.27. The molecule has 0 unspecified atom stereocenters. The number of fused-ring (bicyclic) bond motifs is 1. The van der Waals surface area contributed by atoms with E-state index >= 15 is 0 Å². The minimum absolute atomic E-state index is 0.303. The van der Waals surface area contributed by atoms with Gasteiger partial charge in [-0.2, -0.15) is 0 Å². The summed E-state index contributed by atoms with van der Waals surface area (Å²) in [7, 11) is 0. The molecule has 3 nitrogen and oxygen atoms in total. The summed E-state index contributed by atoms with van der Waals surface area (Å²) < 4.78 is 7.31. The van der Waals surface area contributed by atoms with Gasteiger partial charge in [-0.05, 0) is 31.2 Å². The topological polar surface area (TPSA) is 25.4 Å². The standard InChI is InChI=1S/C19H19N2OS/c1-14-2-5-16(6-3-14)22-17-8-10-21(11-9-17)15-4-7-19-18(12-15)20-13-23-19/h2-7,13,17H,8-11H2,1H3. The van der Waals surface area contributed by atoms with Crippen LogP contribution >= 0.6 is 11.3 Å². The zero-order chi connectivity index (χ0) is 15.6. The first-order valence-corrected chi connectivity index (χ1v) is 8.90. The van der Waals surface area contributed by atoms with E-state index in [0.29, 0.717) is 6.10 Å². The van der Waals surface area contributed by atoms with E-state index in [1.54, 1.807) is 11.3 Å². The van der Waals surface area contributed by atoms with Gasteiger partial charge in [-0.1, -0.05) is 17.7 Å². The first-order chi connectivity index (χ1) is 11.3. The van der Waals surface area contributed by atoms with Gasteiger partial charge in [-0.3, -0.25) is 0 Å². The Morgan fingerprint density at radius 2 is 1.91 bits per heavy atom. The number of piperidine rings is 1. The monoisotopic (exact) mass is 323 g/mol. The molecular formula is C19H19N2OS. The average Bonchev–Trinajstić information content (AvgIpc) is 3.05. The van der Waals surface area contributed by atoms with Crippen LogP contribution in [-0.2, 0) is 0 Å². The largest absolute Gasteiger partial charge is 0.490 e. The van der Waals surface area contributed by atoms with E-state index in [2.05, 4.69) is 59.3 Å². The number of ether oxygens (including phenoxy) is 1. The number of rotatable bonds is 3. The van der Waals surface area contributed by atoms with Crippen LogP contribution in [0.2, 0.25) is 0 Å². The van der Waals surface area contributed by atoms with Crippen molar-refractivity contribution in [3.63, 3.8) is 0 Å². The van der Waals surface area contributed by atoms with Crippen LogP contribution in [0.15, 0.2) is 41.9 Å². The Morgan fingerprint density at radius 1 is 1.13 bits per heavy atom. The van der Waals surface area contributed by atoms with Crippen LogP contribution < -0.4 is 9.64 Å². The van der Waals surface area contributed by atoms with Crippen molar-refractivity contribution < 1.29 is 4.74 Å². The Morgan fingerprint density at radius 3 is 2.70 bits per heavy atom. The first-order valence-electron chi connectivity index (χ1n) is 8.02. The van der Waals surface area contributed by atoms with Gasteiger partial charge in [0.2, 0.25) is 0 Å². The van der Waals surface area contributed by atoms with Crippen LogP contribution in [0.1, 0.15) is 18.4 Å². The summed E-state index contributed by atoms with van der Waals surface area (Å²) in [6.45, 7) is 4.10. The number of benzene rings is 2. The van der Waals surface area contributed by atoms with Crippen molar-refractivity contribution in [1.29, 1.82) is 0 Å². The smallest absolute Gasteiger partial charge is 0.119 e. The van der Waals surface area contributed by atoms with E-state index in [-0.39, 0.29) is 0 Å². The highest BCUT2D eigenvalue weighted by Gasteiger charge is 2.21. The molecule has 3 aromatic rings. The van der Waals surface area contributed by atoms with Crippen LogP contribution in [0.3, 0.4) is 0 Å². The molecule has 2 aromatic carbocycles. The molecule has 0 N–H and O–H groups in total. The van der Waals surface area contributed by atoms with Gasteiger partial charge >= 0.3 is 0 Å². The molecule has 0 atom stereocenters. The quantitative estimate of drug-likeness (QED) is 0.712. The summed E-state index contributed by atoms with van der Waals surface area (Å²) in [4.78, 5) is 6.75. The summed E-state index contributed by atoms with van der Waals surface area (Å²) in [5.41, 5.74) is 5.27. The van der Waals surface area contributed by atoms with Crippen molar-refractivity contribution >= 4 is 27.2 Å². The molecule has 2 heterocycles. The molecule has 1 saturated heterocycles. The minimum Gasteiger partial charge on any atom is -0.490 e. The third-order valence-corrected chi connectivity index (χ3v) is 5.13. The second-order valence-electron chi connectivity index (χ2n) is 6.03. The Hall–Kier alpha value is -2.07. The molecule has 1 aliphatic rings. The summed E-state index contributed by atoms with van der Waals surface area (Å²) in [6, 6.07) is 16.1. The molecule has 1 radical (unpaired) electrons. The number of aryl methyl sites for hydroxylation is 1. The fraction of sp³-hybridized carbons (Fsp3) is 0.316. The predicted octanol–water partition coefficient (Wildman–Crippen LogP) is 4.45. The molecule has 0 spiro atoms. The second kappa shape index (κ2) is 6.20. The Labute approximate surface area is 140 Å². The first kappa shape index (κ1) is 14.5. The molecule has 1 fully saturated rings. The summed E-state index contributed by atoms with van der Waals surface area (Å²) in [5.74, 6) is 0.976. The summed E-state index contributed by atoms with van der Waals surface area (Å²) in [5, 5.41) is 0. The van der Waals surface area contributed by atoms with Crippen molar-refractivity contribution in [1.82, 2.24) is 4.98 Å². The molecule has 4 heteroatoms. The Kier molecular flexibility index (Phi) is 3.92. The van der Waals surface area contributed by atoms with Gasteiger partial charge < -0.3 is 9.64 Å². The SMILES string of the molecule is Cc1ccc(OC2CCN(c3[c]c4ncsc4cc3)CC2)cc1. The van der Waals surface area contributed by atoms with Gasteiger partial charge in [0, 0.05) is 37.7 Å². The summed E-state index contributed by atoms with van der Waals surface area (Å²) in [6.07, 6.45) is 2.38. The Balaban J connectivity index is 1.39. The van der Waals surface area contributed by atoms with Crippen LogP contribution in [0.5, 0.6) is 5.75 Å². The number of aromatic nitrogens is 1. The fourth-order valence-corrected chi connectivity index (χ4v) is 3.63. The average molecular weight is 323 g/mol. The van der Waals surface area contributed by atoms with Gasteiger partial charge in [0.15, 0.2) is 0 Å². The van der Waals surface area contributed by atoms with E-state index in [1.807, 2.05) is 5.51 Å². The maximum atomic E-state index is 6.10. The lowest BCUT2D eigenvalue weighted by Gasteiger charge is -2.33. The maximum Gasteiger partial charge on any atom is 0.119 e. The highest BCUT2D eigenvalue weighted by atomic mass is 32.1. The van der Waals surface area contributed by atoms with E-state index in [9.17, 15) is 0 Å². The van der Waals surface area contributed by atoms with Crippen molar-refractivity contribution in [2.45, 2.75) is 25.9 Å². The van der Waals surface area contributed by atoms with E-state index < -0.39 is 0 Å². The lowest BCUT2D eigenvalue weighted by atomic mass is 10.1. The van der Waals surface area contributed by atoms with Crippen LogP contribution in [0.4, 0.5) is 5.69 Å². The van der Waals surface area contributed by atoms with Crippen molar-refractivity contribution in [3.05, 3.63) is 53.5 Å². The van der Waals surface area contributed by atoms with Crippen LogP contribution in [-0.4, -0.2) is 24.2 Å². The molecule has 0 saturated carbocycles. The van der Waals surface area contributed by atoms with E-state index in [4.69, 9.17) is 4.74 Å². The normalized spacial score (nSPS) is 16.0. The predicted molar refractivity (Wildman–Crippen MR) is 95.5 cm³/mol. The number of hydrogen-bond acceptors (Lipinski definition) is 4. The Bertz CT molecular complexity index is 788. The molecule has 23 heavy (non-hydrogen) atoms. The van der Waals surface area contributed by atoms with Crippen LogP contribution in [0.25, 0.3) is 10.2 Å². The number of thiazole rings is 1. The molecular weight excluding hydrogens is 304 g/mol. The third-order valence-electron chi connectivity index (χ3n) is 4.34. The maximum absolute atomic E-state index is 6.10. The number of anilines is 1. The second-order valence-corrected chi connectivity index (χ2v) is 6.91. The number of nitrogens with zero attached hydrogens (tertiary/aromatic N) is 2. The van der Waals surface area contributed by atoms with E-state index in [0.717, 1.165) is 42.9 Å². The molecule has 0 bridgehead atoms. The lowest BCUT2D eigenvalue weighted by Crippen LogP contribution is -2.38. The van der Waals surface area contributed by atoms with E-state index in [1.165, 1.54) is 10.3 Å². The molecule has 0 amide bonds. The zero-order valence-electron chi connectivity index (χ0n) is 13.2. The minimum atomic E-state index is 0.303. The van der Waals surface area contributed by atoms with Crippen molar-refractivity contribution in [2.24, 2.45) is 0 Å². The molecule has 117 valence electrons. The lowest BCUT2D eigenvalue weighted by molar-refractivity contribution is 0.171. The van der Waals surface area contributed by atoms with Gasteiger partial charge in [0.25, 0.3) is 0 Å². The van der Waals surface area contributed by atoms with Crippen molar-refractivity contribution in [2.75, 3.05) is 18.0 Å². The molecule has 0 aliphatic carbocycles. The highest BCUT2D eigenvalue weighted by molar-refractivity contribution is 7.16. The van der Waals surface area contributed by atoms with Gasteiger partial charge in [0.05, 0.1) is 15.7 Å². The fourth-order valence-electron chi connectivity index (χ4n) is 2.99. The third kappa shape index (κ3) is 3.17. The number of hydrogen-bond donors (Lipinski definition) is 0. The van der Waals surface area contributed by atoms with Gasteiger partial charge in [0.1, 0.15) is 11.9 Å². The summed E-state index contributed by atoms with van der Waals surface area (Å²) >= 11 is 1.66. The molecule has 1 aliphatic heterocycles. The molecule has 4 rings (SSSR count). The van der Waals surface area contributed by atoms with Gasteiger partial charge in [-0.25, -0.2) is 4.98 Å². The van der Waals surface area contributed by atoms with Crippen molar-refractivity contribution in [3.8, 4) is 5.75 Å². The van der Waals surface area contributed by atoms with Gasteiger partial charge in [-0.15, -0.1) is 11.3 Å². The van der Waals surface area contributed by atoms with Crippen LogP contribution in [0, 0.1) is 13.0 Å².